The molecule has 3 heterocycles. The van der Waals surface area contributed by atoms with E-state index in [1.54, 1.807) is 0 Å². The summed E-state index contributed by atoms with van der Waals surface area (Å²) < 4.78 is 6.32. The van der Waals surface area contributed by atoms with Crippen molar-refractivity contribution in [2.24, 2.45) is 11.8 Å². The van der Waals surface area contributed by atoms with Crippen LogP contribution in [0.2, 0.25) is 0 Å². The molecular formula is C21H26N2O3. The van der Waals surface area contributed by atoms with Gasteiger partial charge < -0.3 is 15.0 Å². The van der Waals surface area contributed by atoms with Crippen LogP contribution in [0.1, 0.15) is 32.8 Å². The molecule has 5 unspecified atom stereocenters. The molecule has 2 amide bonds. The average molecular weight is 354 g/mol. The molecule has 0 aliphatic carbocycles. The number of carbonyl (C=O) groups excluding carboxylic acids is 2. The number of amides is 2. The number of carbonyl (C=O) groups is 2. The maximum absolute atomic E-state index is 13.2. The highest BCUT2D eigenvalue weighted by Crippen LogP contribution is 2.57. The van der Waals surface area contributed by atoms with E-state index in [2.05, 4.69) is 5.32 Å². The van der Waals surface area contributed by atoms with Gasteiger partial charge in [0.05, 0.1) is 24.0 Å². The van der Waals surface area contributed by atoms with Crippen molar-refractivity contribution in [1.29, 1.82) is 0 Å². The predicted octanol–water partition coefficient (Wildman–Crippen LogP) is 2.27. The van der Waals surface area contributed by atoms with E-state index in [1.807, 2.05) is 68.2 Å². The van der Waals surface area contributed by atoms with Gasteiger partial charge in [0, 0.05) is 12.6 Å². The Morgan fingerprint density at radius 3 is 2.77 bits per heavy atom. The van der Waals surface area contributed by atoms with Gasteiger partial charge in [-0.15, -0.1) is 0 Å². The molecule has 3 aliphatic heterocycles. The van der Waals surface area contributed by atoms with Gasteiger partial charge in [-0.1, -0.05) is 49.4 Å². The minimum Gasteiger partial charge on any atom is -0.357 e. The summed E-state index contributed by atoms with van der Waals surface area (Å²) in [5, 5.41) is 3.05. The fourth-order valence-corrected chi connectivity index (χ4v) is 4.62. The van der Waals surface area contributed by atoms with E-state index in [0.717, 1.165) is 12.0 Å². The summed E-state index contributed by atoms with van der Waals surface area (Å²) in [4.78, 5) is 28.0. The largest absolute Gasteiger partial charge is 0.357 e. The molecule has 4 rings (SSSR count). The lowest BCUT2D eigenvalue weighted by Crippen LogP contribution is -2.49. The van der Waals surface area contributed by atoms with Crippen molar-refractivity contribution in [2.45, 2.75) is 51.0 Å². The molecule has 138 valence electrons. The molecule has 1 aromatic carbocycles. The maximum atomic E-state index is 13.2. The summed E-state index contributed by atoms with van der Waals surface area (Å²) in [6.45, 7) is 6.99. The number of hydrogen-bond acceptors (Lipinski definition) is 3. The Bertz CT molecular complexity index is 762. The highest BCUT2D eigenvalue weighted by atomic mass is 16.5. The summed E-state index contributed by atoms with van der Waals surface area (Å²) in [7, 11) is 0. The fourth-order valence-electron chi connectivity index (χ4n) is 4.62. The van der Waals surface area contributed by atoms with E-state index in [9.17, 15) is 9.59 Å². The SMILES string of the molecule is CCC(C)NC(=O)C1C2C(=O)N(Cc3ccccc3)CC23C=CC1(C)O3. The number of rotatable bonds is 5. The van der Waals surface area contributed by atoms with E-state index in [1.165, 1.54) is 0 Å². The zero-order valence-corrected chi connectivity index (χ0v) is 15.6. The lowest BCUT2D eigenvalue weighted by atomic mass is 9.72. The Kier molecular flexibility index (Phi) is 3.95. The molecule has 0 radical (unpaired) electrons. The second-order valence-corrected chi connectivity index (χ2v) is 8.03. The van der Waals surface area contributed by atoms with Crippen LogP contribution in [0.3, 0.4) is 0 Å². The van der Waals surface area contributed by atoms with Crippen LogP contribution in [0, 0.1) is 11.8 Å². The molecule has 0 saturated carbocycles. The first-order valence-electron chi connectivity index (χ1n) is 9.42. The molecule has 3 aliphatic rings. The topological polar surface area (TPSA) is 58.6 Å². The lowest BCUT2D eigenvalue weighted by Gasteiger charge is -2.30. The van der Waals surface area contributed by atoms with E-state index in [-0.39, 0.29) is 17.9 Å². The normalized spacial score (nSPS) is 35.7. The van der Waals surface area contributed by atoms with E-state index < -0.39 is 23.0 Å². The van der Waals surface area contributed by atoms with Gasteiger partial charge in [-0.25, -0.2) is 0 Å². The van der Waals surface area contributed by atoms with Gasteiger partial charge in [-0.2, -0.15) is 0 Å². The lowest BCUT2D eigenvalue weighted by molar-refractivity contribution is -0.139. The van der Waals surface area contributed by atoms with Crippen LogP contribution < -0.4 is 5.32 Å². The zero-order chi connectivity index (χ0) is 18.5. The van der Waals surface area contributed by atoms with Gasteiger partial charge in [-0.3, -0.25) is 9.59 Å². The van der Waals surface area contributed by atoms with Gasteiger partial charge in [-0.05, 0) is 25.8 Å². The Morgan fingerprint density at radius 2 is 2.08 bits per heavy atom. The van der Waals surface area contributed by atoms with Crippen molar-refractivity contribution in [1.82, 2.24) is 10.2 Å². The van der Waals surface area contributed by atoms with Gasteiger partial charge in [0.2, 0.25) is 11.8 Å². The summed E-state index contributed by atoms with van der Waals surface area (Å²) in [5.74, 6) is -0.973. The standard InChI is InChI=1S/C21H26N2O3/c1-4-14(2)22-18(24)16-17-19(25)23(12-15-8-6-5-7-9-15)13-21(17)11-10-20(16,3)26-21/h5-11,14,16-17H,4,12-13H2,1-3H3,(H,22,24). The van der Waals surface area contributed by atoms with Gasteiger partial charge in [0.15, 0.2) is 0 Å². The maximum Gasteiger partial charge on any atom is 0.230 e. The van der Waals surface area contributed by atoms with Crippen LogP contribution in [0.4, 0.5) is 0 Å². The van der Waals surface area contributed by atoms with Crippen LogP contribution in [0.25, 0.3) is 0 Å². The monoisotopic (exact) mass is 354 g/mol. The van der Waals surface area contributed by atoms with Gasteiger partial charge in [0.25, 0.3) is 0 Å². The number of ether oxygens (including phenoxy) is 1. The number of likely N-dealkylation sites (tertiary alicyclic amines) is 1. The molecule has 2 fully saturated rings. The quantitative estimate of drug-likeness (QED) is 0.826. The van der Waals surface area contributed by atoms with Crippen molar-refractivity contribution >= 4 is 11.8 Å². The molecule has 1 N–H and O–H groups in total. The number of fused-ring (bicyclic) bond motifs is 1. The minimum atomic E-state index is -0.698. The van der Waals surface area contributed by atoms with E-state index >= 15 is 0 Å². The van der Waals surface area contributed by atoms with Crippen molar-refractivity contribution in [3.05, 3.63) is 48.0 Å². The Labute approximate surface area is 154 Å². The first-order valence-corrected chi connectivity index (χ1v) is 9.42. The second-order valence-electron chi connectivity index (χ2n) is 8.03. The fraction of sp³-hybridized carbons (Fsp3) is 0.524. The van der Waals surface area contributed by atoms with Crippen LogP contribution in [-0.2, 0) is 20.9 Å². The third-order valence-electron chi connectivity index (χ3n) is 6.10. The molecular weight excluding hydrogens is 328 g/mol. The van der Waals surface area contributed by atoms with Crippen molar-refractivity contribution in [3.63, 3.8) is 0 Å². The number of nitrogens with one attached hydrogen (secondary N) is 1. The Hall–Kier alpha value is -2.14. The van der Waals surface area contributed by atoms with Gasteiger partial charge in [0.1, 0.15) is 5.60 Å². The first-order chi connectivity index (χ1) is 12.4. The zero-order valence-electron chi connectivity index (χ0n) is 15.6. The number of benzene rings is 1. The number of nitrogens with zero attached hydrogens (tertiary/aromatic N) is 1. The molecule has 26 heavy (non-hydrogen) atoms. The van der Waals surface area contributed by atoms with Crippen LogP contribution in [-0.4, -0.2) is 40.5 Å². The van der Waals surface area contributed by atoms with Gasteiger partial charge >= 0.3 is 0 Å². The molecule has 5 atom stereocenters. The van der Waals surface area contributed by atoms with Crippen molar-refractivity contribution in [3.8, 4) is 0 Å². The Balaban J connectivity index is 1.60. The highest BCUT2D eigenvalue weighted by Gasteiger charge is 2.71. The third kappa shape index (κ3) is 2.49. The molecule has 1 spiro atoms. The van der Waals surface area contributed by atoms with Crippen LogP contribution in [0.5, 0.6) is 0 Å². The predicted molar refractivity (Wildman–Crippen MR) is 98.1 cm³/mol. The molecule has 1 aromatic rings. The summed E-state index contributed by atoms with van der Waals surface area (Å²) in [6, 6.07) is 10.0. The second kappa shape index (κ2) is 5.95. The molecule has 5 nitrogen and oxygen atoms in total. The average Bonchev–Trinajstić information content (AvgIpc) is 3.18. The molecule has 2 bridgehead atoms. The minimum absolute atomic E-state index is 0.0197. The van der Waals surface area contributed by atoms with Crippen molar-refractivity contribution < 1.29 is 14.3 Å². The molecule has 2 saturated heterocycles. The Morgan fingerprint density at radius 1 is 1.35 bits per heavy atom. The summed E-state index contributed by atoms with van der Waals surface area (Å²) in [5.41, 5.74) is -0.281. The van der Waals surface area contributed by atoms with Crippen LogP contribution >= 0.6 is 0 Å². The molecule has 0 aromatic heterocycles. The van der Waals surface area contributed by atoms with E-state index in [0.29, 0.717) is 13.1 Å². The highest BCUT2D eigenvalue weighted by molar-refractivity contribution is 5.93. The summed E-state index contributed by atoms with van der Waals surface area (Å²) >= 11 is 0. The summed E-state index contributed by atoms with van der Waals surface area (Å²) in [6.07, 6.45) is 4.84. The van der Waals surface area contributed by atoms with E-state index in [4.69, 9.17) is 4.74 Å². The number of hydrogen-bond donors (Lipinski definition) is 1. The molecule has 5 heteroatoms. The first kappa shape index (κ1) is 17.3. The smallest absolute Gasteiger partial charge is 0.230 e. The van der Waals surface area contributed by atoms with Crippen LogP contribution in [0.15, 0.2) is 42.5 Å². The third-order valence-corrected chi connectivity index (χ3v) is 6.10. The van der Waals surface area contributed by atoms with Crippen molar-refractivity contribution in [2.75, 3.05) is 6.54 Å².